The Morgan fingerprint density at radius 1 is 1.29 bits per heavy atom. The predicted molar refractivity (Wildman–Crippen MR) is 69.0 cm³/mol. The fraction of sp³-hybridized carbons (Fsp3) is 0.357. The van der Waals surface area contributed by atoms with Gasteiger partial charge in [-0.15, -0.1) is 0 Å². The maximum Gasteiger partial charge on any atom is 0.119 e. The molecule has 90 valence electrons. The second kappa shape index (κ2) is 5.53. The first-order valence-corrected chi connectivity index (χ1v) is 5.97. The Morgan fingerprint density at radius 3 is 2.88 bits per heavy atom. The van der Waals surface area contributed by atoms with Crippen molar-refractivity contribution in [1.82, 2.24) is 10.2 Å². The number of benzene rings is 1. The van der Waals surface area contributed by atoms with Gasteiger partial charge in [0.15, 0.2) is 0 Å². The molecule has 2 rings (SSSR count). The number of hydrogen-bond acceptors (Lipinski definition) is 2. The number of aromatic nitrogens is 2. The molecule has 0 unspecified atom stereocenters. The highest BCUT2D eigenvalue weighted by molar-refractivity contribution is 5.63. The Kier molecular flexibility index (Phi) is 3.81. The lowest BCUT2D eigenvalue weighted by Gasteiger charge is -2.08. The summed E-state index contributed by atoms with van der Waals surface area (Å²) in [5.41, 5.74) is 2.21. The molecule has 0 atom stereocenters. The van der Waals surface area contributed by atoms with Crippen LogP contribution in [-0.2, 0) is 0 Å². The quantitative estimate of drug-likeness (QED) is 0.853. The summed E-state index contributed by atoms with van der Waals surface area (Å²) in [6.45, 7) is 5.17. The first-order chi connectivity index (χ1) is 8.25. The van der Waals surface area contributed by atoms with E-state index in [-0.39, 0.29) is 0 Å². The van der Waals surface area contributed by atoms with Gasteiger partial charge >= 0.3 is 0 Å². The van der Waals surface area contributed by atoms with Crippen LogP contribution in [0.1, 0.15) is 20.3 Å². The molecule has 0 aliphatic carbocycles. The van der Waals surface area contributed by atoms with Crippen molar-refractivity contribution in [3.05, 3.63) is 36.7 Å². The van der Waals surface area contributed by atoms with Crippen molar-refractivity contribution in [2.75, 3.05) is 6.61 Å². The summed E-state index contributed by atoms with van der Waals surface area (Å²) in [6, 6.07) is 8.10. The second-order valence-electron chi connectivity index (χ2n) is 4.55. The third-order valence-electron chi connectivity index (χ3n) is 2.63. The van der Waals surface area contributed by atoms with Crippen LogP contribution in [0.15, 0.2) is 36.7 Å². The van der Waals surface area contributed by atoms with Crippen LogP contribution in [0.4, 0.5) is 0 Å². The second-order valence-corrected chi connectivity index (χ2v) is 4.55. The van der Waals surface area contributed by atoms with Crippen LogP contribution in [-0.4, -0.2) is 16.8 Å². The molecule has 0 aliphatic rings. The molecule has 0 amide bonds. The number of hydrogen-bond donors (Lipinski definition) is 1. The van der Waals surface area contributed by atoms with E-state index < -0.39 is 0 Å². The number of H-pyrrole nitrogens is 1. The molecule has 0 radical (unpaired) electrons. The fourth-order valence-corrected chi connectivity index (χ4v) is 1.59. The SMILES string of the molecule is CC(C)CCOc1cccc(-c2cn[nH]c2)c1. The number of nitrogens with zero attached hydrogens (tertiary/aromatic N) is 1. The minimum Gasteiger partial charge on any atom is -0.494 e. The molecule has 0 saturated heterocycles. The van der Waals surface area contributed by atoms with Gasteiger partial charge in [0, 0.05) is 11.8 Å². The van der Waals surface area contributed by atoms with Crippen molar-refractivity contribution in [1.29, 1.82) is 0 Å². The molecule has 0 bridgehead atoms. The van der Waals surface area contributed by atoms with E-state index in [0.717, 1.165) is 29.9 Å². The molecule has 1 aromatic heterocycles. The Balaban J connectivity index is 2.02. The van der Waals surface area contributed by atoms with Crippen molar-refractivity contribution in [2.45, 2.75) is 20.3 Å². The van der Waals surface area contributed by atoms with Gasteiger partial charge in [0.25, 0.3) is 0 Å². The standard InChI is InChI=1S/C14H18N2O/c1-11(2)6-7-17-14-5-3-4-12(8-14)13-9-15-16-10-13/h3-5,8-11H,6-7H2,1-2H3,(H,15,16). The van der Waals surface area contributed by atoms with Gasteiger partial charge in [-0.05, 0) is 30.0 Å². The van der Waals surface area contributed by atoms with Crippen molar-refractivity contribution < 1.29 is 4.74 Å². The monoisotopic (exact) mass is 230 g/mol. The summed E-state index contributed by atoms with van der Waals surface area (Å²) in [7, 11) is 0. The molecule has 17 heavy (non-hydrogen) atoms. The Labute approximate surface area is 102 Å². The van der Waals surface area contributed by atoms with Gasteiger partial charge < -0.3 is 4.74 Å². The number of nitrogens with one attached hydrogen (secondary N) is 1. The molecule has 0 spiro atoms. The molecule has 0 aliphatic heterocycles. The Bertz CT molecular complexity index is 449. The first-order valence-electron chi connectivity index (χ1n) is 5.97. The summed E-state index contributed by atoms with van der Waals surface area (Å²) in [6.07, 6.45) is 4.77. The third-order valence-corrected chi connectivity index (χ3v) is 2.63. The molecular weight excluding hydrogens is 212 g/mol. The lowest BCUT2D eigenvalue weighted by atomic mass is 10.1. The first kappa shape index (κ1) is 11.7. The van der Waals surface area contributed by atoms with E-state index in [1.54, 1.807) is 0 Å². The van der Waals surface area contributed by atoms with Crippen LogP contribution in [0.2, 0.25) is 0 Å². The van der Waals surface area contributed by atoms with Crippen molar-refractivity contribution in [2.24, 2.45) is 5.92 Å². The highest BCUT2D eigenvalue weighted by Crippen LogP contribution is 2.22. The van der Waals surface area contributed by atoms with Crippen LogP contribution in [0, 0.1) is 5.92 Å². The minimum atomic E-state index is 0.673. The van der Waals surface area contributed by atoms with Crippen molar-refractivity contribution in [3.63, 3.8) is 0 Å². The molecule has 2 aromatic rings. The maximum atomic E-state index is 5.72. The van der Waals surface area contributed by atoms with Gasteiger partial charge in [0.05, 0.1) is 12.8 Å². The molecule has 1 aromatic carbocycles. The summed E-state index contributed by atoms with van der Waals surface area (Å²) in [5, 5.41) is 6.76. The minimum absolute atomic E-state index is 0.673. The Hall–Kier alpha value is -1.77. The van der Waals surface area contributed by atoms with Gasteiger partial charge in [0.2, 0.25) is 0 Å². The van der Waals surface area contributed by atoms with E-state index in [0.29, 0.717) is 5.92 Å². The van der Waals surface area contributed by atoms with E-state index in [1.165, 1.54) is 0 Å². The molecule has 3 heteroatoms. The molecule has 0 fully saturated rings. The predicted octanol–water partition coefficient (Wildman–Crippen LogP) is 3.50. The zero-order valence-electron chi connectivity index (χ0n) is 10.3. The van der Waals surface area contributed by atoms with Crippen molar-refractivity contribution in [3.8, 4) is 16.9 Å². The van der Waals surface area contributed by atoms with E-state index in [9.17, 15) is 0 Å². The highest BCUT2D eigenvalue weighted by Gasteiger charge is 2.01. The zero-order valence-corrected chi connectivity index (χ0v) is 10.3. The number of rotatable bonds is 5. The molecule has 1 N–H and O–H groups in total. The molecule has 0 saturated carbocycles. The smallest absolute Gasteiger partial charge is 0.119 e. The summed E-state index contributed by atoms with van der Waals surface area (Å²) >= 11 is 0. The normalized spacial score (nSPS) is 10.8. The maximum absolute atomic E-state index is 5.72. The summed E-state index contributed by atoms with van der Waals surface area (Å²) in [4.78, 5) is 0. The largest absolute Gasteiger partial charge is 0.494 e. The van der Waals surface area contributed by atoms with E-state index in [2.05, 4.69) is 30.1 Å². The van der Waals surface area contributed by atoms with E-state index in [4.69, 9.17) is 4.74 Å². The topological polar surface area (TPSA) is 37.9 Å². The van der Waals surface area contributed by atoms with Gasteiger partial charge in [-0.25, -0.2) is 0 Å². The molecular formula is C14H18N2O. The molecule has 3 nitrogen and oxygen atoms in total. The van der Waals surface area contributed by atoms with Crippen LogP contribution in [0.25, 0.3) is 11.1 Å². The average molecular weight is 230 g/mol. The van der Waals surface area contributed by atoms with Gasteiger partial charge in [-0.3, -0.25) is 5.10 Å². The Morgan fingerprint density at radius 2 is 2.18 bits per heavy atom. The van der Waals surface area contributed by atoms with Gasteiger partial charge in [0.1, 0.15) is 5.75 Å². The van der Waals surface area contributed by atoms with E-state index in [1.807, 2.05) is 30.6 Å². The molecule has 1 heterocycles. The average Bonchev–Trinajstić information content (AvgIpc) is 2.82. The summed E-state index contributed by atoms with van der Waals surface area (Å²) < 4.78 is 5.72. The van der Waals surface area contributed by atoms with Crippen LogP contribution < -0.4 is 4.74 Å². The van der Waals surface area contributed by atoms with Crippen LogP contribution in [0.5, 0.6) is 5.75 Å². The van der Waals surface area contributed by atoms with Crippen LogP contribution >= 0.6 is 0 Å². The van der Waals surface area contributed by atoms with Crippen molar-refractivity contribution >= 4 is 0 Å². The van der Waals surface area contributed by atoms with Crippen LogP contribution in [0.3, 0.4) is 0 Å². The summed E-state index contributed by atoms with van der Waals surface area (Å²) in [5.74, 6) is 1.59. The zero-order chi connectivity index (χ0) is 12.1. The third kappa shape index (κ3) is 3.34. The van der Waals surface area contributed by atoms with Gasteiger partial charge in [-0.2, -0.15) is 5.10 Å². The highest BCUT2D eigenvalue weighted by atomic mass is 16.5. The van der Waals surface area contributed by atoms with E-state index >= 15 is 0 Å². The van der Waals surface area contributed by atoms with Gasteiger partial charge in [-0.1, -0.05) is 26.0 Å². The lowest BCUT2D eigenvalue weighted by Crippen LogP contribution is -2.01. The number of ether oxygens (including phenoxy) is 1. The number of aromatic amines is 1. The lowest BCUT2D eigenvalue weighted by molar-refractivity contribution is 0.289. The fourth-order valence-electron chi connectivity index (χ4n) is 1.59.